The molecule has 0 radical (unpaired) electrons. The summed E-state index contributed by atoms with van der Waals surface area (Å²) in [7, 11) is 0. The summed E-state index contributed by atoms with van der Waals surface area (Å²) in [6, 6.07) is 10.5. The predicted octanol–water partition coefficient (Wildman–Crippen LogP) is 3.76. The van der Waals surface area contributed by atoms with Gasteiger partial charge in [0, 0.05) is 17.4 Å². The van der Waals surface area contributed by atoms with E-state index in [-0.39, 0.29) is 17.2 Å². The van der Waals surface area contributed by atoms with Crippen LogP contribution < -0.4 is 5.32 Å². The SMILES string of the molecule is CC(C)NC(=O)C(C)Sc1nc2c(n1-c1ccccc1)CCCC2. The number of hydrogen-bond acceptors (Lipinski definition) is 3. The van der Waals surface area contributed by atoms with Crippen LogP contribution in [-0.4, -0.2) is 26.8 Å². The molecule has 1 amide bonds. The molecule has 5 heteroatoms. The van der Waals surface area contributed by atoms with E-state index in [1.807, 2.05) is 39.0 Å². The monoisotopic (exact) mass is 343 g/mol. The normalized spacial score (nSPS) is 15.2. The van der Waals surface area contributed by atoms with Gasteiger partial charge in [-0.3, -0.25) is 9.36 Å². The highest BCUT2D eigenvalue weighted by molar-refractivity contribution is 8.00. The number of para-hydroxylation sites is 1. The Kier molecular flexibility index (Phi) is 5.29. The minimum Gasteiger partial charge on any atom is -0.353 e. The Morgan fingerprint density at radius 2 is 1.88 bits per heavy atom. The fraction of sp³-hybridized carbons (Fsp3) is 0.474. The van der Waals surface area contributed by atoms with Crippen LogP contribution in [0.2, 0.25) is 0 Å². The van der Waals surface area contributed by atoms with Crippen molar-refractivity contribution in [1.82, 2.24) is 14.9 Å². The zero-order valence-corrected chi connectivity index (χ0v) is 15.4. The summed E-state index contributed by atoms with van der Waals surface area (Å²) in [6.45, 7) is 5.92. The second kappa shape index (κ2) is 7.43. The van der Waals surface area contributed by atoms with Gasteiger partial charge in [-0.2, -0.15) is 0 Å². The lowest BCUT2D eigenvalue weighted by molar-refractivity contribution is -0.120. The van der Waals surface area contributed by atoms with Crippen molar-refractivity contribution in [1.29, 1.82) is 0 Å². The van der Waals surface area contributed by atoms with Gasteiger partial charge in [-0.05, 0) is 58.6 Å². The molecule has 1 N–H and O–H groups in total. The lowest BCUT2D eigenvalue weighted by Crippen LogP contribution is -2.36. The molecule has 1 aliphatic rings. The van der Waals surface area contributed by atoms with Gasteiger partial charge in [0.05, 0.1) is 10.9 Å². The lowest BCUT2D eigenvalue weighted by Gasteiger charge is -2.17. The van der Waals surface area contributed by atoms with E-state index in [0.29, 0.717) is 0 Å². The summed E-state index contributed by atoms with van der Waals surface area (Å²) < 4.78 is 2.25. The van der Waals surface area contributed by atoms with Gasteiger partial charge in [0.25, 0.3) is 0 Å². The fourth-order valence-corrected chi connectivity index (χ4v) is 4.03. The van der Waals surface area contributed by atoms with Crippen molar-refractivity contribution >= 4 is 17.7 Å². The van der Waals surface area contributed by atoms with E-state index < -0.39 is 0 Å². The van der Waals surface area contributed by atoms with Gasteiger partial charge in [0.2, 0.25) is 5.91 Å². The number of rotatable bonds is 5. The van der Waals surface area contributed by atoms with E-state index in [1.165, 1.54) is 24.2 Å². The lowest BCUT2D eigenvalue weighted by atomic mass is 10.0. The Balaban J connectivity index is 1.93. The number of hydrogen-bond donors (Lipinski definition) is 1. The van der Waals surface area contributed by atoms with Crippen LogP contribution in [0.5, 0.6) is 0 Å². The summed E-state index contributed by atoms with van der Waals surface area (Å²) in [5.74, 6) is 0.0654. The zero-order chi connectivity index (χ0) is 17.1. The number of benzene rings is 1. The summed E-state index contributed by atoms with van der Waals surface area (Å²) in [6.07, 6.45) is 4.50. The second-order valence-electron chi connectivity index (χ2n) is 6.59. The maximum Gasteiger partial charge on any atom is 0.233 e. The Bertz CT molecular complexity index is 709. The van der Waals surface area contributed by atoms with Gasteiger partial charge in [0.1, 0.15) is 0 Å². The maximum atomic E-state index is 12.3. The molecule has 0 aliphatic heterocycles. The van der Waals surface area contributed by atoms with Crippen molar-refractivity contribution in [2.45, 2.75) is 62.9 Å². The van der Waals surface area contributed by atoms with Gasteiger partial charge in [-0.1, -0.05) is 30.0 Å². The molecule has 1 aliphatic carbocycles. The third-order valence-electron chi connectivity index (χ3n) is 4.20. The molecule has 128 valence electrons. The van der Waals surface area contributed by atoms with Crippen LogP contribution >= 0.6 is 11.8 Å². The quantitative estimate of drug-likeness (QED) is 0.841. The second-order valence-corrected chi connectivity index (χ2v) is 7.90. The number of carbonyl (C=O) groups excluding carboxylic acids is 1. The zero-order valence-electron chi connectivity index (χ0n) is 14.6. The van der Waals surface area contributed by atoms with Crippen LogP contribution in [0.3, 0.4) is 0 Å². The third-order valence-corrected chi connectivity index (χ3v) is 5.25. The number of imidazole rings is 1. The van der Waals surface area contributed by atoms with E-state index in [9.17, 15) is 4.79 Å². The number of aryl methyl sites for hydroxylation is 1. The van der Waals surface area contributed by atoms with Crippen molar-refractivity contribution in [2.24, 2.45) is 0 Å². The first kappa shape index (κ1) is 17.1. The Hall–Kier alpha value is -1.75. The number of amides is 1. The smallest absolute Gasteiger partial charge is 0.233 e. The molecule has 1 aromatic carbocycles. The van der Waals surface area contributed by atoms with E-state index in [2.05, 4.69) is 22.0 Å². The third kappa shape index (κ3) is 3.66. The molecule has 1 heterocycles. The summed E-state index contributed by atoms with van der Waals surface area (Å²) in [4.78, 5) is 17.2. The van der Waals surface area contributed by atoms with Gasteiger partial charge < -0.3 is 5.32 Å². The minimum atomic E-state index is -0.168. The maximum absolute atomic E-state index is 12.3. The molecule has 1 aromatic heterocycles. The predicted molar refractivity (Wildman–Crippen MR) is 98.8 cm³/mol. The van der Waals surface area contributed by atoms with Crippen molar-refractivity contribution in [3.05, 3.63) is 41.7 Å². The summed E-state index contributed by atoms with van der Waals surface area (Å²) >= 11 is 1.55. The molecular weight excluding hydrogens is 318 g/mol. The van der Waals surface area contributed by atoms with Crippen LogP contribution in [0.1, 0.15) is 45.0 Å². The fourth-order valence-electron chi connectivity index (χ4n) is 3.05. The first-order valence-electron chi connectivity index (χ1n) is 8.69. The van der Waals surface area contributed by atoms with E-state index >= 15 is 0 Å². The standard InChI is InChI=1S/C19H25N3OS/c1-13(2)20-18(23)14(3)24-19-21-16-11-7-8-12-17(16)22(19)15-9-5-4-6-10-15/h4-6,9-10,13-14H,7-8,11-12H2,1-3H3,(H,20,23). The molecule has 1 unspecified atom stereocenters. The molecule has 0 fully saturated rings. The Morgan fingerprint density at radius 1 is 1.17 bits per heavy atom. The molecule has 0 saturated carbocycles. The Morgan fingerprint density at radius 3 is 2.58 bits per heavy atom. The van der Waals surface area contributed by atoms with Crippen molar-refractivity contribution < 1.29 is 4.79 Å². The number of carbonyl (C=O) groups is 1. The highest BCUT2D eigenvalue weighted by Gasteiger charge is 2.24. The molecule has 0 bridgehead atoms. The number of nitrogens with one attached hydrogen (secondary N) is 1. The van der Waals surface area contributed by atoms with Gasteiger partial charge in [-0.15, -0.1) is 0 Å². The van der Waals surface area contributed by atoms with E-state index in [0.717, 1.165) is 23.7 Å². The van der Waals surface area contributed by atoms with Crippen LogP contribution in [0.4, 0.5) is 0 Å². The topological polar surface area (TPSA) is 46.9 Å². The highest BCUT2D eigenvalue weighted by atomic mass is 32.2. The average Bonchev–Trinajstić information content (AvgIpc) is 2.92. The summed E-state index contributed by atoms with van der Waals surface area (Å²) in [5.41, 5.74) is 3.64. The first-order valence-corrected chi connectivity index (χ1v) is 9.57. The van der Waals surface area contributed by atoms with E-state index in [4.69, 9.17) is 4.98 Å². The average molecular weight is 343 g/mol. The van der Waals surface area contributed by atoms with Crippen molar-refractivity contribution in [3.8, 4) is 5.69 Å². The Labute approximate surface area is 148 Å². The summed E-state index contributed by atoms with van der Waals surface area (Å²) in [5, 5.41) is 3.75. The number of fused-ring (bicyclic) bond motifs is 1. The molecule has 0 saturated heterocycles. The van der Waals surface area contributed by atoms with Gasteiger partial charge >= 0.3 is 0 Å². The minimum absolute atomic E-state index is 0.0654. The highest BCUT2D eigenvalue weighted by Crippen LogP contribution is 2.32. The molecule has 24 heavy (non-hydrogen) atoms. The van der Waals surface area contributed by atoms with Crippen LogP contribution in [0, 0.1) is 0 Å². The first-order chi connectivity index (χ1) is 11.6. The molecule has 2 aromatic rings. The van der Waals surface area contributed by atoms with Crippen LogP contribution in [0.15, 0.2) is 35.5 Å². The number of thioether (sulfide) groups is 1. The number of nitrogens with zero attached hydrogens (tertiary/aromatic N) is 2. The van der Waals surface area contributed by atoms with E-state index in [1.54, 1.807) is 11.8 Å². The molecule has 1 atom stereocenters. The van der Waals surface area contributed by atoms with Crippen molar-refractivity contribution in [3.63, 3.8) is 0 Å². The molecule has 3 rings (SSSR count). The van der Waals surface area contributed by atoms with Crippen LogP contribution in [0.25, 0.3) is 5.69 Å². The van der Waals surface area contributed by atoms with Gasteiger partial charge in [-0.25, -0.2) is 4.98 Å². The van der Waals surface area contributed by atoms with Gasteiger partial charge in [0.15, 0.2) is 5.16 Å². The van der Waals surface area contributed by atoms with Crippen LogP contribution in [-0.2, 0) is 17.6 Å². The largest absolute Gasteiger partial charge is 0.353 e. The van der Waals surface area contributed by atoms with Crippen molar-refractivity contribution in [2.75, 3.05) is 0 Å². The molecule has 0 spiro atoms. The number of aromatic nitrogens is 2. The molecular formula is C19H25N3OS. The molecule has 4 nitrogen and oxygen atoms in total.